The number of piperidine rings is 1. The van der Waals surface area contributed by atoms with Crippen molar-refractivity contribution >= 4 is 40.3 Å². The monoisotopic (exact) mass is 792 g/mol. The van der Waals surface area contributed by atoms with Gasteiger partial charge in [0, 0.05) is 63.1 Å². The van der Waals surface area contributed by atoms with Crippen LogP contribution in [0.15, 0.2) is 65.8 Å². The number of fused-ring (bicyclic) bond motifs is 2. The predicted octanol–water partition coefficient (Wildman–Crippen LogP) is 3.88. The molecule has 15 heteroatoms. The van der Waals surface area contributed by atoms with Crippen LogP contribution in [0.4, 0.5) is 0 Å². The van der Waals surface area contributed by atoms with Crippen LogP contribution in [-0.2, 0) is 32.8 Å². The maximum atomic E-state index is 13.5. The van der Waals surface area contributed by atoms with Gasteiger partial charge in [0.2, 0.25) is 23.6 Å². The van der Waals surface area contributed by atoms with E-state index in [1.807, 2.05) is 24.4 Å². The first-order valence-corrected chi connectivity index (χ1v) is 19.4. The molecule has 2 saturated carbocycles. The molecule has 2 N–H and O–H groups in total. The number of amides is 5. The third-order valence-electron chi connectivity index (χ3n) is 11.7. The zero-order chi connectivity index (χ0) is 41.4. The van der Waals surface area contributed by atoms with Gasteiger partial charge in [-0.1, -0.05) is 12.1 Å². The summed E-state index contributed by atoms with van der Waals surface area (Å²) in [5.74, 6) is -0.788. The highest BCUT2D eigenvalue weighted by molar-refractivity contribution is 6.10. The Balaban J connectivity index is 0.901. The Kier molecular flexibility index (Phi) is 11.1. The Morgan fingerprint density at radius 1 is 0.983 bits per heavy atom. The molecule has 3 aliphatic rings. The molecule has 3 fully saturated rings. The van der Waals surface area contributed by atoms with Crippen molar-refractivity contribution in [3.05, 3.63) is 82.5 Å². The van der Waals surface area contributed by atoms with E-state index in [2.05, 4.69) is 27.6 Å². The number of nitrogens with one attached hydrogen (secondary N) is 2. The van der Waals surface area contributed by atoms with Crippen LogP contribution in [0.3, 0.4) is 0 Å². The van der Waals surface area contributed by atoms with E-state index in [4.69, 9.17) is 14.2 Å². The van der Waals surface area contributed by atoms with Crippen LogP contribution in [0, 0.1) is 0 Å². The Morgan fingerprint density at radius 3 is 2.40 bits per heavy atom. The van der Waals surface area contributed by atoms with Gasteiger partial charge in [0.1, 0.15) is 23.3 Å². The number of benzene rings is 2. The summed E-state index contributed by atoms with van der Waals surface area (Å²) in [5.41, 5.74) is 2.23. The normalized spacial score (nSPS) is 20.6. The SMILES string of the molecule is COc1cc(-c2cn(C)c(=O)c3cnccc23)cc(OC)c1CN(C)C12CC1(NC(=O)CCCCCOc1ccccc1C(=O)N(C(C)=O)C1CCC(=O)NC1=O)C2. The molecule has 15 nitrogen and oxygen atoms in total. The fourth-order valence-electron chi connectivity index (χ4n) is 8.33. The number of ether oxygens (including phenoxy) is 3. The molecule has 2 aromatic heterocycles. The Hall–Kier alpha value is -6.09. The van der Waals surface area contributed by atoms with Crippen LogP contribution in [0.25, 0.3) is 21.9 Å². The van der Waals surface area contributed by atoms with Crippen molar-refractivity contribution < 1.29 is 38.2 Å². The lowest BCUT2D eigenvalue weighted by atomic mass is 9.99. The molecule has 58 heavy (non-hydrogen) atoms. The molecule has 1 aliphatic heterocycles. The van der Waals surface area contributed by atoms with E-state index in [9.17, 15) is 28.8 Å². The Morgan fingerprint density at radius 2 is 1.71 bits per heavy atom. The predicted molar refractivity (Wildman–Crippen MR) is 213 cm³/mol. The van der Waals surface area contributed by atoms with Gasteiger partial charge in [-0.05, 0) is 86.9 Å². The van der Waals surface area contributed by atoms with E-state index in [1.165, 1.54) is 13.0 Å². The molecule has 5 amide bonds. The number of hydrogen-bond donors (Lipinski definition) is 2. The first-order valence-electron chi connectivity index (χ1n) is 19.4. The van der Waals surface area contributed by atoms with E-state index < -0.39 is 29.7 Å². The number of methoxy groups -OCH3 is 2. The van der Waals surface area contributed by atoms with Crippen LogP contribution in [0.5, 0.6) is 17.2 Å². The highest BCUT2D eigenvalue weighted by Gasteiger charge is 2.85. The van der Waals surface area contributed by atoms with Crippen molar-refractivity contribution in [2.75, 3.05) is 27.9 Å². The van der Waals surface area contributed by atoms with Crippen molar-refractivity contribution in [3.8, 4) is 28.4 Å². The van der Waals surface area contributed by atoms with E-state index in [1.54, 1.807) is 56.4 Å². The van der Waals surface area contributed by atoms with Crippen LogP contribution in [0.2, 0.25) is 0 Å². The number of hydrogen-bond acceptors (Lipinski definition) is 11. The van der Waals surface area contributed by atoms with Crippen molar-refractivity contribution in [1.29, 1.82) is 0 Å². The molecular formula is C43H48N6O9. The lowest BCUT2D eigenvalue weighted by Gasteiger charge is -2.31. The Labute approximate surface area is 335 Å². The van der Waals surface area contributed by atoms with Gasteiger partial charge in [0.15, 0.2) is 0 Å². The van der Waals surface area contributed by atoms with Crippen LogP contribution >= 0.6 is 0 Å². The third kappa shape index (κ3) is 7.53. The molecule has 3 heterocycles. The molecule has 1 saturated heterocycles. The van der Waals surface area contributed by atoms with Gasteiger partial charge in [0.25, 0.3) is 11.5 Å². The second-order valence-electron chi connectivity index (χ2n) is 15.4. The molecule has 1 unspecified atom stereocenters. The van der Waals surface area contributed by atoms with Gasteiger partial charge < -0.3 is 24.1 Å². The summed E-state index contributed by atoms with van der Waals surface area (Å²) in [4.78, 5) is 83.2. The lowest BCUT2D eigenvalue weighted by molar-refractivity contribution is -0.142. The minimum Gasteiger partial charge on any atom is -0.496 e. The first kappa shape index (κ1) is 40.1. The number of imide groups is 2. The number of carbonyl (C=O) groups is 5. The van der Waals surface area contributed by atoms with Crippen LogP contribution in [-0.4, -0.2) is 93.9 Å². The topological polar surface area (TPSA) is 178 Å². The van der Waals surface area contributed by atoms with Gasteiger partial charge in [-0.15, -0.1) is 0 Å². The smallest absolute Gasteiger partial charge is 0.264 e. The van der Waals surface area contributed by atoms with Gasteiger partial charge in [0.05, 0.1) is 42.9 Å². The quantitative estimate of drug-likeness (QED) is 0.124. The van der Waals surface area contributed by atoms with E-state index >= 15 is 0 Å². The minimum atomic E-state index is -1.08. The van der Waals surface area contributed by atoms with Gasteiger partial charge >= 0.3 is 0 Å². The van der Waals surface area contributed by atoms with Crippen molar-refractivity contribution in [2.45, 2.75) is 82.0 Å². The highest BCUT2D eigenvalue weighted by Crippen LogP contribution is 2.74. The molecule has 2 aromatic carbocycles. The summed E-state index contributed by atoms with van der Waals surface area (Å²) in [6.45, 7) is 2.04. The van der Waals surface area contributed by atoms with E-state index in [0.29, 0.717) is 42.7 Å². The largest absolute Gasteiger partial charge is 0.496 e. The molecule has 2 aliphatic carbocycles. The molecule has 0 spiro atoms. The first-order chi connectivity index (χ1) is 27.8. The summed E-state index contributed by atoms with van der Waals surface area (Å²) >= 11 is 0. The van der Waals surface area contributed by atoms with Gasteiger partial charge in [-0.25, -0.2) is 0 Å². The molecule has 1 atom stereocenters. The number of pyridine rings is 2. The molecular weight excluding hydrogens is 745 g/mol. The molecule has 4 aromatic rings. The highest BCUT2D eigenvalue weighted by atomic mass is 16.5. The van der Waals surface area contributed by atoms with Gasteiger partial charge in [-0.3, -0.25) is 48.9 Å². The van der Waals surface area contributed by atoms with E-state index in [0.717, 1.165) is 46.2 Å². The van der Waals surface area contributed by atoms with Crippen LogP contribution in [0.1, 0.15) is 74.2 Å². The summed E-state index contributed by atoms with van der Waals surface area (Å²) in [7, 11) is 7.03. The average molecular weight is 793 g/mol. The second-order valence-corrected chi connectivity index (χ2v) is 15.4. The maximum Gasteiger partial charge on any atom is 0.264 e. The number of aryl methyl sites for hydroxylation is 1. The fourth-order valence-corrected chi connectivity index (χ4v) is 8.33. The van der Waals surface area contributed by atoms with Crippen molar-refractivity contribution in [3.63, 3.8) is 0 Å². The number of likely N-dealkylation sites (N-methyl/N-ethyl adjacent to an activating group) is 1. The number of unbranched alkanes of at least 4 members (excludes halogenated alkanes) is 2. The summed E-state index contributed by atoms with van der Waals surface area (Å²) in [6.07, 6.45) is 9.26. The molecule has 7 rings (SSSR count). The van der Waals surface area contributed by atoms with Gasteiger partial charge in [-0.2, -0.15) is 0 Å². The van der Waals surface area contributed by atoms with E-state index in [-0.39, 0.29) is 53.3 Å². The molecule has 304 valence electrons. The second kappa shape index (κ2) is 16.0. The van der Waals surface area contributed by atoms with Crippen molar-refractivity contribution in [1.82, 2.24) is 30.0 Å². The summed E-state index contributed by atoms with van der Waals surface area (Å²) in [6, 6.07) is 11.2. The summed E-state index contributed by atoms with van der Waals surface area (Å²) < 4.78 is 19.3. The maximum absolute atomic E-state index is 13.5. The lowest BCUT2D eigenvalue weighted by Crippen LogP contribution is -2.55. The van der Waals surface area contributed by atoms with Crippen molar-refractivity contribution in [2.24, 2.45) is 7.05 Å². The third-order valence-corrected chi connectivity index (χ3v) is 11.7. The Bertz CT molecular complexity index is 2340. The molecule has 0 radical (unpaired) electrons. The molecule has 0 bridgehead atoms. The number of nitrogens with zero attached hydrogens (tertiary/aromatic N) is 4. The number of rotatable bonds is 16. The number of para-hydroxylation sites is 1. The zero-order valence-corrected chi connectivity index (χ0v) is 33.4. The fraction of sp³-hybridized carbons (Fsp3) is 0.419. The number of carbonyl (C=O) groups excluding carboxylic acids is 5. The minimum absolute atomic E-state index is 0.00149. The average Bonchev–Trinajstić information content (AvgIpc) is 4.05. The standard InChI is InChI=1S/C43H48N6O9/c1-26(50)49(33-14-15-37(51)45-39(33)53)41(55)29-11-8-9-12-34(29)58-18-10-6-7-13-38(52)46-42-24-43(42,25-42)48(3)23-32-35(56-4)19-27(20-36(32)57-5)31-22-47(2)40(54)30-21-44-17-16-28(30)31/h8-9,11-12,16-17,19-22,33H,6-7,10,13-15,18,23-25H2,1-5H3,(H,46,52)(H,45,51,53). The van der Waals surface area contributed by atoms with Crippen LogP contribution < -0.4 is 30.4 Å². The summed E-state index contributed by atoms with van der Waals surface area (Å²) in [5, 5.41) is 6.81. The number of aromatic nitrogens is 2. The zero-order valence-electron chi connectivity index (χ0n) is 33.4.